The summed E-state index contributed by atoms with van der Waals surface area (Å²) in [5.41, 5.74) is 8.98. The van der Waals surface area contributed by atoms with Crippen LogP contribution in [0.4, 0.5) is 36.5 Å². The van der Waals surface area contributed by atoms with Crippen LogP contribution in [0.1, 0.15) is 113 Å². The molecule has 6 aromatic rings. The van der Waals surface area contributed by atoms with E-state index in [4.69, 9.17) is 39.4 Å². The van der Waals surface area contributed by atoms with Crippen molar-refractivity contribution in [3.05, 3.63) is 142 Å². The van der Waals surface area contributed by atoms with Crippen LogP contribution < -0.4 is 61.9 Å². The number of carbonyl (C=O) groups is 11. The molecule has 6 atom stereocenters. The van der Waals surface area contributed by atoms with Gasteiger partial charge in [-0.25, -0.2) is 29.1 Å². The molecule has 3 saturated heterocycles. The minimum absolute atomic E-state index is 0.00532. The summed E-state index contributed by atoms with van der Waals surface area (Å²) < 4.78 is 29.8. The van der Waals surface area contributed by atoms with Crippen molar-refractivity contribution in [2.45, 2.75) is 128 Å². The number of ether oxygens (including phenoxy) is 5. The summed E-state index contributed by atoms with van der Waals surface area (Å²) in [6, 6.07) is 21.4. The fourth-order valence-corrected chi connectivity index (χ4v) is 15.8. The number of nitrogens with two attached hydrogens (primary N) is 1. The van der Waals surface area contributed by atoms with Crippen LogP contribution in [0.15, 0.2) is 114 Å². The van der Waals surface area contributed by atoms with Crippen LogP contribution in [0.2, 0.25) is 0 Å². The summed E-state index contributed by atoms with van der Waals surface area (Å²) in [5.74, 6) is -1.54. The molecule has 4 fully saturated rings. The first-order chi connectivity index (χ1) is 57.9. The second-order valence-corrected chi connectivity index (χ2v) is 32.0. The Labute approximate surface area is 701 Å². The van der Waals surface area contributed by atoms with Crippen molar-refractivity contribution < 1.29 is 86.6 Å². The first-order valence-corrected chi connectivity index (χ1v) is 40.9. The third kappa shape index (κ3) is 22.7. The van der Waals surface area contributed by atoms with Gasteiger partial charge in [0.2, 0.25) is 29.6 Å². The normalized spacial score (nSPS) is 17.7. The summed E-state index contributed by atoms with van der Waals surface area (Å²) in [6.07, 6.45) is 6.47. The zero-order valence-electron chi connectivity index (χ0n) is 69.9. The van der Waals surface area contributed by atoms with Crippen LogP contribution >= 0.6 is 0 Å². The Balaban J connectivity index is 0.740. The van der Waals surface area contributed by atoms with Gasteiger partial charge in [-0.05, 0) is 141 Å². The van der Waals surface area contributed by atoms with Gasteiger partial charge in [0.15, 0.2) is 0 Å². The van der Waals surface area contributed by atoms with Crippen molar-refractivity contribution in [1.82, 2.24) is 60.3 Å². The third-order valence-corrected chi connectivity index (χ3v) is 23.0. The van der Waals surface area contributed by atoms with Crippen LogP contribution in [-0.4, -0.2) is 265 Å². The van der Waals surface area contributed by atoms with Crippen LogP contribution in [0.3, 0.4) is 0 Å². The molecule has 1 saturated carbocycles. The molecule has 4 aromatic carbocycles. The number of piperidine rings is 1. The molecule has 0 radical (unpaired) electrons. The van der Waals surface area contributed by atoms with Gasteiger partial charge in [-0.15, -0.1) is 0 Å². The smallest absolute Gasteiger partial charge is 0.415 e. The van der Waals surface area contributed by atoms with E-state index >= 15 is 0 Å². The molecular formula is C86H110N16O19. The Morgan fingerprint density at radius 2 is 1.47 bits per heavy atom. The number of aromatic nitrogens is 3. The molecule has 35 heteroatoms. The van der Waals surface area contributed by atoms with Gasteiger partial charge >= 0.3 is 24.2 Å². The number of carboxylic acid groups (broad SMARTS) is 1. The maximum Gasteiger partial charge on any atom is 0.415 e. The summed E-state index contributed by atoms with van der Waals surface area (Å²) >= 11 is 0. The van der Waals surface area contributed by atoms with Crippen molar-refractivity contribution in [3.8, 4) is 28.4 Å². The minimum Gasteiger partial charge on any atom is -0.496 e. The van der Waals surface area contributed by atoms with Gasteiger partial charge in [0.05, 0.1) is 82.2 Å². The van der Waals surface area contributed by atoms with E-state index in [0.717, 1.165) is 47.6 Å². The summed E-state index contributed by atoms with van der Waals surface area (Å²) in [7, 11) is 7.55. The third-order valence-electron chi connectivity index (χ3n) is 23.0. The minimum atomic E-state index is -1.26. The number of anilines is 3. The molecule has 9 N–H and O–H groups in total. The molecule has 2 aromatic heterocycles. The average Bonchev–Trinajstić information content (AvgIpc) is 1.73. The highest BCUT2D eigenvalue weighted by Gasteiger charge is 2.44. The number of carbonyl (C=O) groups excluding carboxylic acids is 10. The van der Waals surface area contributed by atoms with E-state index in [1.54, 1.807) is 81.7 Å². The van der Waals surface area contributed by atoms with Crippen LogP contribution in [-0.2, 0) is 57.1 Å². The number of pyridine rings is 1. The molecule has 1 aliphatic carbocycles. The van der Waals surface area contributed by atoms with E-state index in [0.29, 0.717) is 106 Å². The number of aliphatic hydroxyl groups excluding tert-OH is 1. The first kappa shape index (κ1) is 89.7. The lowest BCUT2D eigenvalue weighted by atomic mass is 9.72. The number of urea groups is 2. The predicted octanol–water partition coefficient (Wildman–Crippen LogP) is 6.00. The zero-order valence-corrected chi connectivity index (χ0v) is 69.9. The summed E-state index contributed by atoms with van der Waals surface area (Å²) in [5, 5.41) is 36.3. The van der Waals surface area contributed by atoms with Crippen molar-refractivity contribution in [2.75, 3.05) is 135 Å². The monoisotopic (exact) mass is 1670 g/mol. The Morgan fingerprint density at radius 1 is 0.769 bits per heavy atom. The highest BCUT2D eigenvalue weighted by atomic mass is 16.6. The molecule has 0 spiro atoms. The molecule has 5 aliphatic rings. The fraction of sp³-hybridized carbons (Fsp3) is 0.488. The fourth-order valence-electron chi connectivity index (χ4n) is 15.8. The van der Waals surface area contributed by atoms with Crippen LogP contribution in [0.25, 0.3) is 22.0 Å². The Morgan fingerprint density at radius 3 is 2.12 bits per heavy atom. The molecule has 11 rings (SSSR count). The van der Waals surface area contributed by atoms with Gasteiger partial charge < -0.3 is 85.1 Å². The largest absolute Gasteiger partial charge is 0.496 e. The number of methoxy groups -OCH3 is 2. The van der Waals surface area contributed by atoms with Crippen LogP contribution in [0.5, 0.6) is 17.2 Å². The highest BCUT2D eigenvalue weighted by molar-refractivity contribution is 6.13. The lowest BCUT2D eigenvalue weighted by Crippen LogP contribution is -2.59. The maximum atomic E-state index is 14.3. The van der Waals surface area contributed by atoms with Crippen molar-refractivity contribution in [1.29, 1.82) is 0 Å². The molecule has 648 valence electrons. The number of hydrogen-bond donors (Lipinski definition) is 8. The Hall–Kier alpha value is -12.1. The number of rotatable bonds is 38. The van der Waals surface area contributed by atoms with E-state index in [1.165, 1.54) is 60.9 Å². The van der Waals surface area contributed by atoms with Gasteiger partial charge in [-0.2, -0.15) is 0 Å². The van der Waals surface area contributed by atoms with Gasteiger partial charge in [0.25, 0.3) is 23.3 Å². The number of primary amides is 1. The van der Waals surface area contributed by atoms with Crippen molar-refractivity contribution >= 4 is 93.8 Å². The summed E-state index contributed by atoms with van der Waals surface area (Å²) in [6.45, 7) is 11.1. The maximum absolute atomic E-state index is 14.3. The van der Waals surface area contributed by atoms with E-state index < -0.39 is 83.2 Å². The lowest BCUT2D eigenvalue weighted by molar-refractivity contribution is -0.137. The number of likely N-dealkylation sites (N-methyl/N-ethyl adjacent to an activating group) is 2. The average molecular weight is 1670 g/mol. The van der Waals surface area contributed by atoms with Gasteiger partial charge in [-0.3, -0.25) is 58.4 Å². The highest BCUT2D eigenvalue weighted by Crippen LogP contribution is 2.48. The molecule has 0 bridgehead atoms. The second kappa shape index (κ2) is 40.8. The number of amides is 13. The number of fused-ring (bicyclic) bond motifs is 1. The van der Waals surface area contributed by atoms with Crippen LogP contribution in [0, 0.1) is 17.8 Å². The number of aryl methyl sites for hydroxylation is 1. The molecule has 35 nitrogen and oxygen atoms in total. The number of piperazine rings is 1. The number of nitrogens with zero attached hydrogens (tertiary/aromatic N) is 10. The van der Waals surface area contributed by atoms with Crippen molar-refractivity contribution in [2.24, 2.45) is 30.5 Å². The molecule has 6 heterocycles. The van der Waals surface area contributed by atoms with Gasteiger partial charge in [0, 0.05) is 145 Å². The molecule has 121 heavy (non-hydrogen) atoms. The second-order valence-electron chi connectivity index (χ2n) is 32.0. The number of imide groups is 2. The number of hydrogen-bond acceptors (Lipinski definition) is 22. The quantitative estimate of drug-likeness (QED) is 0.0163. The first-order valence-electron chi connectivity index (χ1n) is 40.9. The van der Waals surface area contributed by atoms with Gasteiger partial charge in [-0.1, -0.05) is 57.0 Å². The van der Waals surface area contributed by atoms with Gasteiger partial charge in [0.1, 0.15) is 29.3 Å². The van der Waals surface area contributed by atoms with E-state index in [9.17, 15) is 67.7 Å². The molecule has 2 unspecified atom stereocenters. The lowest BCUT2D eigenvalue weighted by Gasteiger charge is -2.46. The van der Waals surface area contributed by atoms with E-state index in [2.05, 4.69) is 43.3 Å². The topological polar surface area (TPSA) is 431 Å². The molecule has 4 aliphatic heterocycles. The SMILES string of the molecule is COc1cc(=O)n(C)cc1-c1ccc2nc(N3CCC(CN4C[C@@H](C)N(C(=O)c5ccc(OC)c(N6CCC(=O)NC6=O)c5)C[C@@H]4C)CC3)nc(C(CO)(CC3CC3)c3ccc(OC(=O)N(C)CC(Cc4ccc(NC(=O)[C@H](CCCNC(N)=O)NC(=O)[C@@H](NC(=O)CCOCCOCCN5C(=O)C=CC5=O)C(C)C)cc4)N(C)C(=O)O)cc3)c2c1. The Bertz CT molecular complexity index is 4860. The predicted molar refractivity (Wildman–Crippen MR) is 448 cm³/mol. The number of aliphatic hydroxyl groups is 1. The molecule has 13 amide bonds. The summed E-state index contributed by atoms with van der Waals surface area (Å²) in [4.78, 5) is 177. The number of benzene rings is 4. The molecular weight excluding hydrogens is 1560 g/mol. The van der Waals surface area contributed by atoms with E-state index in [1.807, 2.05) is 42.2 Å². The zero-order chi connectivity index (χ0) is 86.9. The van der Waals surface area contributed by atoms with Crippen molar-refractivity contribution in [3.63, 3.8) is 0 Å². The Kier molecular flexibility index (Phi) is 30.2. The number of nitrogens with one attached hydrogen (secondary N) is 5. The van der Waals surface area contributed by atoms with E-state index in [-0.39, 0.29) is 132 Å². The standard InChI is InChI=1S/C86H110N16O19/c1-52(2)76(92-72(105)31-37-119-39-40-120-38-36-101-73(106)26-27-74(101)107)79(110)90-67(11-10-32-88-81(87)112)78(109)89-61-20-14-55(15-21-61)41-62(97(7)84(114)115)49-96(6)85(116)121-63-22-18-60(19-23-63)86(51-103,45-56-12-13-56)77-64-42-58(65-50-95(5)75(108)44-70(65)118-9)16-24-66(64)91-82(94-77)98-33-28-57(29-34-98)48-99-46-54(4)102(47-53(99)3)80(111)59-17-25-69(117-8)68(43-59)100-35-30-71(104)93-83(100)113/h14-27,42-44,50,52-54,56-57,62,67,76,103H,10-13,28-41,45-49,51H2,1-9H3,(H,89,109)(H,90,110)(H,92,105)(H,114,115)(H3,87,88,112)(H,93,104,113)/t53-,54+,62?,67-,76-,86?/m0/s1.